The van der Waals surface area contributed by atoms with Crippen molar-refractivity contribution in [2.45, 2.75) is 39.9 Å². The van der Waals surface area contributed by atoms with Crippen molar-refractivity contribution in [3.8, 4) is 11.5 Å². The van der Waals surface area contributed by atoms with Crippen LogP contribution in [-0.2, 0) is 13.6 Å². The standard InChI is InChI=1S/C14H22IO5P/c1-10(2)19-21(16,20-11(3)4)9-18-14-12(15)7-6-8-13(14)17-5/h6-8,10-11H,9H2,1-5H3. The maximum Gasteiger partial charge on any atom is 0.368 e. The Morgan fingerprint density at radius 2 is 1.71 bits per heavy atom. The van der Waals surface area contributed by atoms with Crippen molar-refractivity contribution in [1.82, 2.24) is 0 Å². The predicted molar refractivity (Wildman–Crippen MR) is 91.3 cm³/mol. The third kappa shape index (κ3) is 6.14. The van der Waals surface area contributed by atoms with Crippen molar-refractivity contribution in [2.24, 2.45) is 0 Å². The second-order valence-corrected chi connectivity index (χ2v) is 8.03. The molecule has 0 aliphatic heterocycles. The van der Waals surface area contributed by atoms with Gasteiger partial charge in [0.1, 0.15) is 0 Å². The Labute approximate surface area is 140 Å². The van der Waals surface area contributed by atoms with E-state index in [1.165, 1.54) is 0 Å². The normalized spacial score (nSPS) is 12.0. The molecule has 0 amide bonds. The van der Waals surface area contributed by atoms with Gasteiger partial charge in [-0.05, 0) is 62.4 Å². The van der Waals surface area contributed by atoms with Gasteiger partial charge >= 0.3 is 7.60 Å². The van der Waals surface area contributed by atoms with Gasteiger partial charge in [-0.25, -0.2) is 0 Å². The van der Waals surface area contributed by atoms with Crippen molar-refractivity contribution in [1.29, 1.82) is 0 Å². The van der Waals surface area contributed by atoms with E-state index in [4.69, 9.17) is 18.5 Å². The Morgan fingerprint density at radius 1 is 1.14 bits per heavy atom. The van der Waals surface area contributed by atoms with Gasteiger partial charge in [0.15, 0.2) is 17.8 Å². The summed E-state index contributed by atoms with van der Waals surface area (Å²) < 4.78 is 35.4. The fraction of sp³-hybridized carbons (Fsp3) is 0.571. The zero-order valence-electron chi connectivity index (χ0n) is 13.0. The number of hydrogen-bond acceptors (Lipinski definition) is 5. The Morgan fingerprint density at radius 3 is 2.19 bits per heavy atom. The first kappa shape index (κ1) is 18.7. The number of hydrogen-bond donors (Lipinski definition) is 0. The first-order valence-corrected chi connectivity index (χ1v) is 9.49. The lowest BCUT2D eigenvalue weighted by Gasteiger charge is -2.23. The highest BCUT2D eigenvalue weighted by molar-refractivity contribution is 14.1. The molecule has 0 saturated heterocycles. The van der Waals surface area contributed by atoms with Crippen LogP contribution in [0, 0.1) is 3.57 Å². The molecule has 0 heterocycles. The van der Waals surface area contributed by atoms with Crippen LogP contribution in [-0.4, -0.2) is 25.7 Å². The molecule has 1 rings (SSSR count). The van der Waals surface area contributed by atoms with Crippen LogP contribution in [0.5, 0.6) is 11.5 Å². The fourth-order valence-electron chi connectivity index (χ4n) is 1.66. The van der Waals surface area contributed by atoms with Crippen LogP contribution < -0.4 is 9.47 Å². The zero-order chi connectivity index (χ0) is 16.0. The van der Waals surface area contributed by atoms with E-state index in [0.717, 1.165) is 3.57 Å². The minimum atomic E-state index is -3.33. The van der Waals surface area contributed by atoms with Gasteiger partial charge in [0.2, 0.25) is 0 Å². The summed E-state index contributed by atoms with van der Waals surface area (Å²) in [7, 11) is -1.77. The average Bonchev–Trinajstić information content (AvgIpc) is 2.34. The van der Waals surface area contributed by atoms with Crippen LogP contribution in [0.4, 0.5) is 0 Å². The van der Waals surface area contributed by atoms with E-state index in [-0.39, 0.29) is 18.6 Å². The van der Waals surface area contributed by atoms with Crippen molar-refractivity contribution < 1.29 is 23.1 Å². The first-order valence-electron chi connectivity index (χ1n) is 6.68. The van der Waals surface area contributed by atoms with Crippen LogP contribution in [0.25, 0.3) is 0 Å². The lowest BCUT2D eigenvalue weighted by atomic mass is 10.3. The lowest BCUT2D eigenvalue weighted by molar-refractivity contribution is 0.128. The molecule has 0 unspecified atom stereocenters. The molecule has 0 saturated carbocycles. The molecule has 1 aromatic carbocycles. The van der Waals surface area contributed by atoms with Gasteiger partial charge in [0.25, 0.3) is 0 Å². The minimum Gasteiger partial charge on any atom is -0.493 e. The predicted octanol–water partition coefficient (Wildman–Crippen LogP) is 4.68. The molecule has 5 nitrogen and oxygen atoms in total. The van der Waals surface area contributed by atoms with E-state index >= 15 is 0 Å². The molecule has 120 valence electrons. The second-order valence-electron chi connectivity index (χ2n) is 4.96. The molecular weight excluding hydrogens is 406 g/mol. The summed E-state index contributed by atoms with van der Waals surface area (Å²) in [4.78, 5) is 0. The van der Waals surface area contributed by atoms with E-state index in [2.05, 4.69) is 22.6 Å². The van der Waals surface area contributed by atoms with Crippen LogP contribution in [0.2, 0.25) is 0 Å². The highest BCUT2D eigenvalue weighted by Gasteiger charge is 2.29. The summed E-state index contributed by atoms with van der Waals surface area (Å²) in [5.41, 5.74) is 0. The molecule has 7 heteroatoms. The zero-order valence-corrected chi connectivity index (χ0v) is 16.0. The lowest BCUT2D eigenvalue weighted by Crippen LogP contribution is -2.13. The Bertz CT molecular complexity index is 490. The molecule has 0 bridgehead atoms. The first-order chi connectivity index (χ1) is 9.77. The van der Waals surface area contributed by atoms with Crippen molar-refractivity contribution in [2.75, 3.05) is 13.5 Å². The minimum absolute atomic E-state index is 0.153. The Kier molecular flexibility index (Phi) is 7.47. The fourth-order valence-corrected chi connectivity index (χ4v) is 4.03. The van der Waals surface area contributed by atoms with Gasteiger partial charge in [0, 0.05) is 0 Å². The summed E-state index contributed by atoms with van der Waals surface area (Å²) in [6, 6.07) is 5.53. The molecule has 0 aromatic heterocycles. The van der Waals surface area contributed by atoms with Crippen LogP contribution in [0.15, 0.2) is 18.2 Å². The average molecular weight is 428 g/mol. The van der Waals surface area contributed by atoms with E-state index in [9.17, 15) is 4.57 Å². The molecule has 0 atom stereocenters. The van der Waals surface area contributed by atoms with Gasteiger partial charge in [-0.2, -0.15) is 0 Å². The quantitative estimate of drug-likeness (QED) is 0.445. The smallest absolute Gasteiger partial charge is 0.368 e. The highest BCUT2D eigenvalue weighted by atomic mass is 127. The molecule has 1 aromatic rings. The summed E-state index contributed by atoms with van der Waals surface area (Å²) in [5.74, 6) is 1.13. The molecule has 0 N–H and O–H groups in total. The van der Waals surface area contributed by atoms with Crippen molar-refractivity contribution >= 4 is 30.2 Å². The molecule has 0 fully saturated rings. The third-order valence-electron chi connectivity index (χ3n) is 2.26. The van der Waals surface area contributed by atoms with E-state index in [1.54, 1.807) is 13.2 Å². The van der Waals surface area contributed by atoms with Crippen LogP contribution in [0.3, 0.4) is 0 Å². The van der Waals surface area contributed by atoms with E-state index in [0.29, 0.717) is 11.5 Å². The molecule has 0 spiro atoms. The molecule has 0 aliphatic rings. The van der Waals surface area contributed by atoms with E-state index in [1.807, 2.05) is 39.8 Å². The number of rotatable bonds is 8. The topological polar surface area (TPSA) is 54.0 Å². The number of para-hydroxylation sites is 1. The van der Waals surface area contributed by atoms with E-state index < -0.39 is 7.60 Å². The molecule has 0 aliphatic carbocycles. The van der Waals surface area contributed by atoms with Crippen LogP contribution >= 0.6 is 30.2 Å². The van der Waals surface area contributed by atoms with Crippen LogP contribution in [0.1, 0.15) is 27.7 Å². The monoisotopic (exact) mass is 428 g/mol. The highest BCUT2D eigenvalue weighted by Crippen LogP contribution is 2.51. The Hall–Kier alpha value is -0.300. The molecule has 0 radical (unpaired) electrons. The van der Waals surface area contributed by atoms with Gasteiger partial charge in [-0.15, -0.1) is 0 Å². The number of benzene rings is 1. The van der Waals surface area contributed by atoms with Crippen molar-refractivity contribution in [3.05, 3.63) is 21.8 Å². The van der Waals surface area contributed by atoms with Gasteiger partial charge in [-0.1, -0.05) is 6.07 Å². The maximum atomic E-state index is 12.7. The molecule has 21 heavy (non-hydrogen) atoms. The third-order valence-corrected chi connectivity index (χ3v) is 5.04. The Balaban J connectivity index is 2.89. The van der Waals surface area contributed by atoms with Gasteiger partial charge in [0.05, 0.1) is 22.9 Å². The SMILES string of the molecule is COc1cccc(I)c1OCP(=O)(OC(C)C)OC(C)C. The van der Waals surface area contributed by atoms with Crippen molar-refractivity contribution in [3.63, 3.8) is 0 Å². The number of halogens is 1. The summed E-state index contributed by atoms with van der Waals surface area (Å²) >= 11 is 2.14. The maximum absolute atomic E-state index is 12.7. The molecular formula is C14H22IO5P. The summed E-state index contributed by atoms with van der Waals surface area (Å²) in [6.07, 6.45) is -0.579. The van der Waals surface area contributed by atoms with Gasteiger partial charge in [-0.3, -0.25) is 4.57 Å². The summed E-state index contributed by atoms with van der Waals surface area (Å²) in [6.45, 7) is 7.23. The number of ether oxygens (including phenoxy) is 2. The van der Waals surface area contributed by atoms with Gasteiger partial charge < -0.3 is 18.5 Å². The summed E-state index contributed by atoms with van der Waals surface area (Å²) in [5, 5.41) is 0. The largest absolute Gasteiger partial charge is 0.493 e. The number of methoxy groups -OCH3 is 1. The second kappa shape index (κ2) is 8.36.